The fraction of sp³-hybridized carbons (Fsp3) is 0.344. The second-order valence-electron chi connectivity index (χ2n) is 10.6. The molecule has 236 valence electrons. The third-order valence-corrected chi connectivity index (χ3v) is 9.34. The predicted octanol–water partition coefficient (Wildman–Crippen LogP) is 6.17. The lowest BCUT2D eigenvalue weighted by Gasteiger charge is -2.36. The second-order valence-corrected chi connectivity index (χ2v) is 13.4. The molecule has 44 heavy (non-hydrogen) atoms. The maximum absolute atomic E-state index is 13.5. The molecule has 2 aromatic carbocycles. The number of amides is 1. The van der Waals surface area contributed by atoms with E-state index in [1.165, 1.54) is 24.3 Å². The molecular formula is C32H37ClFN3O6S. The van der Waals surface area contributed by atoms with Gasteiger partial charge in [0.15, 0.2) is 0 Å². The van der Waals surface area contributed by atoms with Crippen molar-refractivity contribution >= 4 is 38.6 Å². The van der Waals surface area contributed by atoms with Gasteiger partial charge in [-0.1, -0.05) is 23.8 Å². The van der Waals surface area contributed by atoms with Crippen molar-refractivity contribution in [1.82, 2.24) is 14.6 Å². The molecule has 1 amide bonds. The molecule has 9 nitrogen and oxygen atoms in total. The van der Waals surface area contributed by atoms with Crippen LogP contribution in [0.5, 0.6) is 5.75 Å². The molecule has 4 rings (SSSR count). The number of benzene rings is 2. The van der Waals surface area contributed by atoms with E-state index in [9.17, 15) is 22.7 Å². The summed E-state index contributed by atoms with van der Waals surface area (Å²) in [6.45, 7) is 6.78. The van der Waals surface area contributed by atoms with Crippen molar-refractivity contribution in [3.05, 3.63) is 100 Å². The van der Waals surface area contributed by atoms with E-state index < -0.39 is 39.3 Å². The van der Waals surface area contributed by atoms with Gasteiger partial charge in [0.05, 0.1) is 5.25 Å². The van der Waals surface area contributed by atoms with Crippen LogP contribution in [0.15, 0.2) is 78.1 Å². The Morgan fingerprint density at radius 3 is 2.57 bits per heavy atom. The maximum Gasteiger partial charge on any atom is 0.416 e. The number of rotatable bonds is 11. The van der Waals surface area contributed by atoms with Crippen molar-refractivity contribution in [3.8, 4) is 5.75 Å². The van der Waals surface area contributed by atoms with Gasteiger partial charge in [0.1, 0.15) is 36.1 Å². The van der Waals surface area contributed by atoms with Gasteiger partial charge in [0, 0.05) is 34.7 Å². The first-order chi connectivity index (χ1) is 20.9. The van der Waals surface area contributed by atoms with Gasteiger partial charge in [-0.2, -0.15) is 0 Å². The van der Waals surface area contributed by atoms with Crippen molar-refractivity contribution in [2.45, 2.75) is 51.5 Å². The SMILES string of the molecule is C\C=C(/C=C\C(=C/C)C1c2[nH]c3ccc(Cl)cc3c2CCN1C(=O)Oc1ccc(F)cc1)OCC(O)CNS(=O)(=O)C(C)C. The number of aliphatic hydroxyl groups excluding tert-OH is 1. The summed E-state index contributed by atoms with van der Waals surface area (Å²) in [6.07, 6.45) is 6.04. The number of aromatic nitrogens is 1. The minimum Gasteiger partial charge on any atom is -0.491 e. The van der Waals surface area contributed by atoms with Gasteiger partial charge in [-0.15, -0.1) is 0 Å². The molecular weight excluding hydrogens is 609 g/mol. The Hall–Kier alpha value is -3.64. The molecule has 3 aromatic rings. The highest BCUT2D eigenvalue weighted by Gasteiger charge is 2.36. The van der Waals surface area contributed by atoms with Crippen molar-refractivity contribution in [2.75, 3.05) is 19.7 Å². The van der Waals surface area contributed by atoms with Gasteiger partial charge in [0.25, 0.3) is 0 Å². The highest BCUT2D eigenvalue weighted by atomic mass is 35.5. The summed E-state index contributed by atoms with van der Waals surface area (Å²) in [5.74, 6) is 0.227. The number of carbonyl (C=O) groups excluding carboxylic acids is 1. The summed E-state index contributed by atoms with van der Waals surface area (Å²) in [5, 5.41) is 11.3. The van der Waals surface area contributed by atoms with E-state index >= 15 is 0 Å². The van der Waals surface area contributed by atoms with Crippen LogP contribution in [-0.2, 0) is 21.2 Å². The summed E-state index contributed by atoms with van der Waals surface area (Å²) in [7, 11) is -3.52. The Morgan fingerprint density at radius 1 is 1.18 bits per heavy atom. The van der Waals surface area contributed by atoms with E-state index in [4.69, 9.17) is 21.1 Å². The van der Waals surface area contributed by atoms with Crippen molar-refractivity contribution < 1.29 is 32.2 Å². The standard InChI is InChI=1S/C32H37ClFN3O6S/c1-5-21(7-11-25(6-2)42-19-24(38)18-35-44(40,41)20(3)4)31-30-27(28-17-22(33)8-14-29(28)36-30)15-16-37(31)32(39)43-26-12-9-23(34)10-13-26/h5-14,17,20,24,31,35-36,38H,15-16,18-19H2,1-4H3/b11-7-,21-5+,25-6+. The normalized spacial score (nSPS) is 16.9. The van der Waals surface area contributed by atoms with Crippen molar-refractivity contribution in [1.29, 1.82) is 0 Å². The molecule has 12 heteroatoms. The lowest BCUT2D eigenvalue weighted by Crippen LogP contribution is -2.42. The number of hydrogen-bond donors (Lipinski definition) is 3. The van der Waals surface area contributed by atoms with E-state index in [2.05, 4.69) is 9.71 Å². The molecule has 2 heterocycles. The number of carbonyl (C=O) groups is 1. The molecule has 2 unspecified atom stereocenters. The number of sulfonamides is 1. The number of halogens is 2. The number of fused-ring (bicyclic) bond motifs is 3. The Kier molecular flexibility index (Phi) is 10.9. The number of nitrogens with one attached hydrogen (secondary N) is 2. The molecule has 0 saturated heterocycles. The van der Waals surface area contributed by atoms with Gasteiger partial charge < -0.3 is 19.6 Å². The minimum atomic E-state index is -3.52. The van der Waals surface area contributed by atoms with E-state index in [0.717, 1.165) is 27.7 Å². The summed E-state index contributed by atoms with van der Waals surface area (Å²) >= 11 is 6.31. The summed E-state index contributed by atoms with van der Waals surface area (Å²) in [4.78, 5) is 18.6. The minimum absolute atomic E-state index is 0.137. The zero-order chi connectivity index (χ0) is 32.0. The second kappa shape index (κ2) is 14.4. The quantitative estimate of drug-likeness (QED) is 0.169. The molecule has 1 aliphatic heterocycles. The number of hydrogen-bond acceptors (Lipinski definition) is 6. The molecule has 2 atom stereocenters. The topological polar surface area (TPSA) is 121 Å². The Morgan fingerprint density at radius 2 is 1.91 bits per heavy atom. The third-order valence-electron chi connectivity index (χ3n) is 7.30. The Labute approximate surface area is 262 Å². The van der Waals surface area contributed by atoms with Crippen LogP contribution >= 0.6 is 11.6 Å². The van der Waals surface area contributed by atoms with Crippen LogP contribution in [0, 0.1) is 5.82 Å². The van der Waals surface area contributed by atoms with Crippen LogP contribution in [0.25, 0.3) is 10.9 Å². The molecule has 0 aliphatic carbocycles. The molecule has 0 radical (unpaired) electrons. The number of nitrogens with zero attached hydrogens (tertiary/aromatic N) is 1. The highest BCUT2D eigenvalue weighted by Crippen LogP contribution is 2.40. The number of H-pyrrole nitrogens is 1. The van der Waals surface area contributed by atoms with Crippen LogP contribution < -0.4 is 9.46 Å². The van der Waals surface area contributed by atoms with Crippen molar-refractivity contribution in [3.63, 3.8) is 0 Å². The average molecular weight is 646 g/mol. The fourth-order valence-electron chi connectivity index (χ4n) is 4.85. The molecule has 1 aliphatic rings. The zero-order valence-corrected chi connectivity index (χ0v) is 26.6. The fourth-order valence-corrected chi connectivity index (χ4v) is 5.78. The van der Waals surface area contributed by atoms with Crippen LogP contribution in [0.2, 0.25) is 5.02 Å². The smallest absolute Gasteiger partial charge is 0.416 e. The third kappa shape index (κ3) is 7.89. The molecule has 0 bridgehead atoms. The summed E-state index contributed by atoms with van der Waals surface area (Å²) in [5.41, 5.74) is 3.50. The first-order valence-electron chi connectivity index (χ1n) is 14.3. The highest BCUT2D eigenvalue weighted by molar-refractivity contribution is 7.90. The van der Waals surface area contributed by atoms with E-state index in [1.807, 2.05) is 31.2 Å². The van der Waals surface area contributed by atoms with Crippen LogP contribution in [0.3, 0.4) is 0 Å². The molecule has 0 spiro atoms. The molecule has 0 fully saturated rings. The lowest BCUT2D eigenvalue weighted by atomic mass is 9.92. The summed E-state index contributed by atoms with van der Waals surface area (Å²) in [6, 6.07) is 10.3. The number of aliphatic hydroxyl groups is 1. The van der Waals surface area contributed by atoms with Gasteiger partial charge >= 0.3 is 6.09 Å². The van der Waals surface area contributed by atoms with Gasteiger partial charge in [-0.3, -0.25) is 4.90 Å². The monoisotopic (exact) mass is 645 g/mol. The van der Waals surface area contributed by atoms with Crippen LogP contribution in [0.1, 0.15) is 45.0 Å². The van der Waals surface area contributed by atoms with Crippen molar-refractivity contribution in [2.24, 2.45) is 0 Å². The first-order valence-corrected chi connectivity index (χ1v) is 16.2. The largest absolute Gasteiger partial charge is 0.491 e. The van der Waals surface area contributed by atoms with E-state index in [0.29, 0.717) is 23.7 Å². The van der Waals surface area contributed by atoms with Gasteiger partial charge in [0.2, 0.25) is 10.0 Å². The number of aromatic amines is 1. The van der Waals surface area contributed by atoms with Crippen LogP contribution in [0.4, 0.5) is 9.18 Å². The summed E-state index contributed by atoms with van der Waals surface area (Å²) < 4.78 is 51.2. The zero-order valence-electron chi connectivity index (χ0n) is 25.0. The molecule has 0 saturated carbocycles. The van der Waals surface area contributed by atoms with Crippen LogP contribution in [-0.4, -0.2) is 60.6 Å². The van der Waals surface area contributed by atoms with Gasteiger partial charge in [-0.25, -0.2) is 22.3 Å². The Balaban J connectivity index is 1.58. The van der Waals surface area contributed by atoms with E-state index in [1.54, 1.807) is 43.9 Å². The predicted molar refractivity (Wildman–Crippen MR) is 170 cm³/mol. The number of ether oxygens (including phenoxy) is 2. The first kappa shape index (κ1) is 33.3. The average Bonchev–Trinajstić information content (AvgIpc) is 3.36. The molecule has 1 aromatic heterocycles. The Bertz CT molecular complexity index is 1680. The number of allylic oxidation sites excluding steroid dienone is 3. The molecule has 3 N–H and O–H groups in total. The van der Waals surface area contributed by atoms with E-state index in [-0.39, 0.29) is 18.9 Å². The lowest BCUT2D eigenvalue weighted by molar-refractivity contribution is 0.0788. The maximum atomic E-state index is 13.5. The van der Waals surface area contributed by atoms with Gasteiger partial charge in [-0.05, 0) is 99.9 Å².